The van der Waals surface area contributed by atoms with E-state index >= 15 is 0 Å². The summed E-state index contributed by atoms with van der Waals surface area (Å²) < 4.78 is 14.0. The second-order valence-electron chi connectivity index (χ2n) is 5.00. The Hall–Kier alpha value is -1.39. The first-order chi connectivity index (χ1) is 10.1. The fraction of sp³-hybridized carbons (Fsp3) is 0.294. The topological polar surface area (TPSA) is 15.3 Å². The number of rotatable bonds is 6. The van der Waals surface area contributed by atoms with Crippen LogP contribution in [-0.4, -0.2) is 13.6 Å². The maximum absolute atomic E-state index is 13.0. The molecule has 2 rings (SSSR count). The van der Waals surface area contributed by atoms with Gasteiger partial charge in [-0.05, 0) is 70.9 Å². The molecule has 1 N–H and O–H groups in total. The van der Waals surface area contributed by atoms with E-state index in [4.69, 9.17) is 0 Å². The van der Waals surface area contributed by atoms with Gasteiger partial charge in [-0.15, -0.1) is 0 Å². The normalized spacial score (nSPS) is 10.7. The van der Waals surface area contributed by atoms with Gasteiger partial charge in [0.1, 0.15) is 5.82 Å². The molecule has 112 valence electrons. The van der Waals surface area contributed by atoms with Crippen LogP contribution in [0.1, 0.15) is 18.9 Å². The van der Waals surface area contributed by atoms with Crippen LogP contribution in [0.25, 0.3) is 0 Å². The van der Waals surface area contributed by atoms with E-state index in [2.05, 4.69) is 46.4 Å². The summed E-state index contributed by atoms with van der Waals surface area (Å²) >= 11 is 3.62. The van der Waals surface area contributed by atoms with Crippen LogP contribution in [-0.2, 0) is 6.54 Å². The molecule has 0 aromatic heterocycles. The third-order valence-corrected chi connectivity index (χ3v) is 3.98. The number of nitrogens with one attached hydrogen (secondary N) is 1. The molecule has 4 heteroatoms. The first-order valence-electron chi connectivity index (χ1n) is 7.10. The highest BCUT2D eigenvalue weighted by Crippen LogP contribution is 2.31. The molecular formula is C17H20BrFN2. The molecule has 0 aliphatic heterocycles. The van der Waals surface area contributed by atoms with Gasteiger partial charge in [0.05, 0.1) is 5.69 Å². The van der Waals surface area contributed by atoms with Crippen molar-refractivity contribution in [2.75, 3.05) is 18.5 Å². The highest BCUT2D eigenvalue weighted by atomic mass is 79.9. The smallest absolute Gasteiger partial charge is 0.123 e. The van der Waals surface area contributed by atoms with Crippen LogP contribution in [0.4, 0.5) is 15.8 Å². The Balaban J connectivity index is 2.14. The molecule has 0 saturated carbocycles. The lowest BCUT2D eigenvalue weighted by Crippen LogP contribution is -2.14. The average Bonchev–Trinajstić information content (AvgIpc) is 2.48. The summed E-state index contributed by atoms with van der Waals surface area (Å²) in [7, 11) is 1.97. The van der Waals surface area contributed by atoms with Gasteiger partial charge in [0.15, 0.2) is 0 Å². The summed E-state index contributed by atoms with van der Waals surface area (Å²) in [6.07, 6.45) is 1.13. The molecule has 0 radical (unpaired) electrons. The van der Waals surface area contributed by atoms with Gasteiger partial charge in [0.2, 0.25) is 0 Å². The van der Waals surface area contributed by atoms with Crippen LogP contribution in [0.2, 0.25) is 0 Å². The van der Waals surface area contributed by atoms with Crippen LogP contribution in [0.15, 0.2) is 46.9 Å². The van der Waals surface area contributed by atoms with Gasteiger partial charge in [-0.3, -0.25) is 0 Å². The fourth-order valence-electron chi connectivity index (χ4n) is 2.15. The van der Waals surface area contributed by atoms with Crippen molar-refractivity contribution in [3.63, 3.8) is 0 Å². The van der Waals surface area contributed by atoms with Crippen molar-refractivity contribution in [3.05, 3.63) is 58.3 Å². The molecule has 0 amide bonds. The molecule has 0 bridgehead atoms. The highest BCUT2D eigenvalue weighted by molar-refractivity contribution is 9.10. The molecule has 0 heterocycles. The Morgan fingerprint density at radius 1 is 1.14 bits per heavy atom. The van der Waals surface area contributed by atoms with Crippen molar-refractivity contribution < 1.29 is 4.39 Å². The molecule has 0 atom stereocenters. The fourth-order valence-corrected chi connectivity index (χ4v) is 2.84. The summed E-state index contributed by atoms with van der Waals surface area (Å²) in [6.45, 7) is 4.05. The monoisotopic (exact) mass is 350 g/mol. The van der Waals surface area contributed by atoms with Crippen molar-refractivity contribution in [2.24, 2.45) is 0 Å². The Labute approximate surface area is 134 Å². The highest BCUT2D eigenvalue weighted by Gasteiger charge is 2.08. The Morgan fingerprint density at radius 2 is 1.86 bits per heavy atom. The van der Waals surface area contributed by atoms with Gasteiger partial charge in [-0.1, -0.05) is 13.0 Å². The van der Waals surface area contributed by atoms with Crippen LogP contribution in [0.3, 0.4) is 0 Å². The lowest BCUT2D eigenvalue weighted by atomic mass is 10.2. The molecular weight excluding hydrogens is 331 g/mol. The van der Waals surface area contributed by atoms with Crippen molar-refractivity contribution in [2.45, 2.75) is 19.9 Å². The van der Waals surface area contributed by atoms with Crippen molar-refractivity contribution in [1.29, 1.82) is 0 Å². The summed E-state index contributed by atoms with van der Waals surface area (Å²) in [6, 6.07) is 12.8. The molecule has 0 spiro atoms. The van der Waals surface area contributed by atoms with E-state index in [0.29, 0.717) is 0 Å². The molecule has 2 nitrogen and oxygen atoms in total. The molecule has 21 heavy (non-hydrogen) atoms. The Bertz CT molecular complexity index is 584. The van der Waals surface area contributed by atoms with Crippen LogP contribution in [0.5, 0.6) is 0 Å². The van der Waals surface area contributed by atoms with E-state index in [1.165, 1.54) is 17.7 Å². The molecule has 0 aliphatic carbocycles. The second-order valence-corrected chi connectivity index (χ2v) is 5.85. The van der Waals surface area contributed by atoms with E-state index in [-0.39, 0.29) is 5.82 Å². The molecule has 2 aromatic carbocycles. The zero-order valence-electron chi connectivity index (χ0n) is 12.4. The number of halogens is 2. The first-order valence-corrected chi connectivity index (χ1v) is 7.89. The second kappa shape index (κ2) is 7.57. The van der Waals surface area contributed by atoms with Crippen molar-refractivity contribution >= 4 is 27.3 Å². The van der Waals surface area contributed by atoms with Gasteiger partial charge in [0, 0.05) is 23.8 Å². The maximum Gasteiger partial charge on any atom is 0.123 e. The average molecular weight is 351 g/mol. The van der Waals surface area contributed by atoms with Crippen molar-refractivity contribution in [1.82, 2.24) is 5.32 Å². The lowest BCUT2D eigenvalue weighted by Gasteiger charge is -2.21. The summed E-state index contributed by atoms with van der Waals surface area (Å²) in [5.74, 6) is -0.219. The van der Waals surface area contributed by atoms with E-state index in [0.717, 1.165) is 35.4 Å². The first kappa shape index (κ1) is 16.0. The molecule has 2 aromatic rings. The number of hydrogen-bond acceptors (Lipinski definition) is 2. The van der Waals surface area contributed by atoms with Gasteiger partial charge >= 0.3 is 0 Å². The quantitative estimate of drug-likeness (QED) is 0.748. The third kappa shape index (κ3) is 4.29. The Kier molecular flexibility index (Phi) is 5.76. The summed E-state index contributed by atoms with van der Waals surface area (Å²) in [5.41, 5.74) is 3.25. The zero-order valence-corrected chi connectivity index (χ0v) is 14.0. The number of anilines is 2. The number of nitrogens with zero attached hydrogens (tertiary/aromatic N) is 1. The number of hydrogen-bond donors (Lipinski definition) is 1. The Morgan fingerprint density at radius 3 is 2.48 bits per heavy atom. The molecule has 0 unspecified atom stereocenters. The minimum absolute atomic E-state index is 0.219. The van der Waals surface area contributed by atoms with Crippen molar-refractivity contribution in [3.8, 4) is 0 Å². The predicted molar refractivity (Wildman–Crippen MR) is 90.6 cm³/mol. The SMILES string of the molecule is CCCNCc1ccc(N(C)c2ccc(F)cc2)c(Br)c1. The molecule has 0 aliphatic rings. The standard InChI is InChI=1S/C17H20BrFN2/c1-3-10-20-12-13-4-9-17(16(18)11-13)21(2)15-7-5-14(19)6-8-15/h4-9,11,20H,3,10,12H2,1-2H3. The molecule has 0 fully saturated rings. The lowest BCUT2D eigenvalue weighted by molar-refractivity contribution is 0.628. The van der Waals surface area contributed by atoms with E-state index in [1.54, 1.807) is 12.1 Å². The largest absolute Gasteiger partial charge is 0.344 e. The molecule has 0 saturated heterocycles. The van der Waals surface area contributed by atoms with Crippen LogP contribution >= 0.6 is 15.9 Å². The van der Waals surface area contributed by atoms with Crippen LogP contribution < -0.4 is 10.2 Å². The van der Waals surface area contributed by atoms with Gasteiger partial charge in [-0.2, -0.15) is 0 Å². The predicted octanol–water partition coefficient (Wildman–Crippen LogP) is 4.86. The third-order valence-electron chi connectivity index (χ3n) is 3.34. The minimum Gasteiger partial charge on any atom is -0.344 e. The van der Waals surface area contributed by atoms with Gasteiger partial charge in [0.25, 0.3) is 0 Å². The summed E-state index contributed by atoms with van der Waals surface area (Å²) in [5, 5.41) is 3.39. The minimum atomic E-state index is -0.219. The number of benzene rings is 2. The van der Waals surface area contributed by atoms with E-state index < -0.39 is 0 Å². The zero-order chi connectivity index (χ0) is 15.2. The maximum atomic E-state index is 13.0. The van der Waals surface area contributed by atoms with Gasteiger partial charge in [-0.25, -0.2) is 4.39 Å². The summed E-state index contributed by atoms with van der Waals surface area (Å²) in [4.78, 5) is 2.03. The van der Waals surface area contributed by atoms with Gasteiger partial charge < -0.3 is 10.2 Å². The van der Waals surface area contributed by atoms with Crippen LogP contribution in [0, 0.1) is 5.82 Å². The van der Waals surface area contributed by atoms with E-state index in [1.807, 2.05) is 11.9 Å². The van der Waals surface area contributed by atoms with E-state index in [9.17, 15) is 4.39 Å².